The van der Waals surface area contributed by atoms with E-state index in [0.717, 1.165) is 5.69 Å². The van der Waals surface area contributed by atoms with Crippen molar-refractivity contribution in [3.8, 4) is 0 Å². The molecule has 4 heteroatoms. The van der Waals surface area contributed by atoms with Gasteiger partial charge in [0.05, 0.1) is 12.3 Å². The molecule has 0 amide bonds. The number of nitrogens with zero attached hydrogens (tertiary/aromatic N) is 3. The van der Waals surface area contributed by atoms with Gasteiger partial charge in [0, 0.05) is 26.0 Å². The molecule has 1 heterocycles. The Balaban J connectivity index is 2.99. The highest BCUT2D eigenvalue weighted by Gasteiger charge is 2.04. The van der Waals surface area contributed by atoms with Crippen LogP contribution in [0.3, 0.4) is 0 Å². The molecule has 1 N–H and O–H groups in total. The van der Waals surface area contributed by atoms with E-state index < -0.39 is 0 Å². The third kappa shape index (κ3) is 2.34. The lowest BCUT2D eigenvalue weighted by Crippen LogP contribution is -2.01. The summed E-state index contributed by atoms with van der Waals surface area (Å²) in [6, 6.07) is 1.85. The summed E-state index contributed by atoms with van der Waals surface area (Å²) >= 11 is 0. The molecule has 0 saturated carbocycles. The van der Waals surface area contributed by atoms with Gasteiger partial charge in [0.1, 0.15) is 0 Å². The molecule has 0 saturated heterocycles. The fraction of sp³-hybridized carbons (Fsp3) is 0.333. The van der Waals surface area contributed by atoms with E-state index in [-0.39, 0.29) is 0 Å². The Kier molecular flexibility index (Phi) is 2.70. The lowest BCUT2D eigenvalue weighted by molar-refractivity contribution is 0.566. The van der Waals surface area contributed by atoms with Crippen LogP contribution in [0.15, 0.2) is 12.3 Å². The largest absolute Gasteiger partial charge is 0.393 e. The first-order valence-corrected chi connectivity index (χ1v) is 3.91. The molecular formula is C9H12N4. The van der Waals surface area contributed by atoms with Gasteiger partial charge in [0.15, 0.2) is 0 Å². The molecule has 0 radical (unpaired) electrons. The Morgan fingerprint density at radius 1 is 1.69 bits per heavy atom. The number of aryl methyl sites for hydroxylation is 1. The second-order valence-electron chi connectivity index (χ2n) is 3.03. The Bertz CT molecular complexity index is 354. The molecule has 0 bridgehead atoms. The Labute approximate surface area is 77.7 Å². The van der Waals surface area contributed by atoms with E-state index in [0.29, 0.717) is 11.4 Å². The highest BCUT2D eigenvalue weighted by molar-refractivity contribution is 5.67. The topological polar surface area (TPSA) is 36.3 Å². The quantitative estimate of drug-likeness (QED) is 0.693. The van der Waals surface area contributed by atoms with Crippen LogP contribution in [-0.4, -0.2) is 29.2 Å². The number of hydrogen-bond donors (Lipinski definition) is 1. The maximum atomic E-state index is 6.98. The molecule has 1 aromatic heterocycles. The van der Waals surface area contributed by atoms with Crippen molar-refractivity contribution in [2.45, 2.75) is 6.92 Å². The molecule has 13 heavy (non-hydrogen) atoms. The summed E-state index contributed by atoms with van der Waals surface area (Å²) in [5.41, 5.74) is 2.21. The molecule has 1 rings (SSSR count). The number of H-pyrrole nitrogens is 1. The number of rotatable bonds is 2. The average Bonchev–Trinajstić information content (AvgIpc) is 2.47. The van der Waals surface area contributed by atoms with E-state index in [2.05, 4.69) is 15.0 Å². The van der Waals surface area contributed by atoms with Crippen LogP contribution in [0.1, 0.15) is 11.4 Å². The molecule has 0 aliphatic carbocycles. The molecule has 0 spiro atoms. The molecule has 68 valence electrons. The number of hydrogen-bond acceptors (Lipinski definition) is 2. The van der Waals surface area contributed by atoms with Gasteiger partial charge >= 0.3 is 0 Å². The molecule has 4 nitrogen and oxygen atoms in total. The monoisotopic (exact) mass is 176 g/mol. The van der Waals surface area contributed by atoms with Gasteiger partial charge in [0.25, 0.3) is 0 Å². The summed E-state index contributed by atoms with van der Waals surface area (Å²) in [6.07, 6.45) is 1.75. The SMILES string of the molecule is [C-]#[N+]/C(=C\N(C)C)c1cc(C)[nH]n1. The van der Waals surface area contributed by atoms with Crippen LogP contribution in [0.25, 0.3) is 10.5 Å². The molecule has 0 atom stereocenters. The van der Waals surface area contributed by atoms with Crippen molar-refractivity contribution >= 4 is 5.70 Å². The zero-order valence-electron chi connectivity index (χ0n) is 8.00. The minimum Gasteiger partial charge on any atom is -0.393 e. The highest BCUT2D eigenvalue weighted by atomic mass is 15.1. The van der Waals surface area contributed by atoms with E-state index in [1.165, 1.54) is 0 Å². The summed E-state index contributed by atoms with van der Waals surface area (Å²) in [4.78, 5) is 5.23. The van der Waals surface area contributed by atoms with E-state index in [4.69, 9.17) is 6.57 Å². The van der Waals surface area contributed by atoms with E-state index in [1.807, 2.05) is 32.0 Å². The lowest BCUT2D eigenvalue weighted by atomic mass is 10.3. The first kappa shape index (κ1) is 9.33. The van der Waals surface area contributed by atoms with Crippen LogP contribution >= 0.6 is 0 Å². The van der Waals surface area contributed by atoms with Gasteiger partial charge in [-0.3, -0.25) is 5.10 Å². The van der Waals surface area contributed by atoms with E-state index in [1.54, 1.807) is 6.20 Å². The lowest BCUT2D eigenvalue weighted by Gasteiger charge is -2.04. The molecule has 1 aromatic rings. The predicted octanol–water partition coefficient (Wildman–Crippen LogP) is 1.50. The van der Waals surface area contributed by atoms with Crippen molar-refractivity contribution in [1.82, 2.24) is 15.1 Å². The molecular weight excluding hydrogens is 164 g/mol. The normalized spacial score (nSPS) is 11.1. The van der Waals surface area contributed by atoms with Crippen molar-refractivity contribution in [1.29, 1.82) is 0 Å². The van der Waals surface area contributed by atoms with Crippen LogP contribution in [0, 0.1) is 13.5 Å². The summed E-state index contributed by atoms with van der Waals surface area (Å²) in [6.45, 7) is 8.89. The first-order chi connectivity index (χ1) is 6.13. The summed E-state index contributed by atoms with van der Waals surface area (Å²) in [5, 5.41) is 6.81. The Morgan fingerprint density at radius 3 is 2.77 bits per heavy atom. The van der Waals surface area contributed by atoms with Crippen molar-refractivity contribution in [3.63, 3.8) is 0 Å². The summed E-state index contributed by atoms with van der Waals surface area (Å²) < 4.78 is 0. The third-order valence-corrected chi connectivity index (χ3v) is 1.47. The highest BCUT2D eigenvalue weighted by Crippen LogP contribution is 2.13. The maximum Gasteiger partial charge on any atom is 0.229 e. The van der Waals surface area contributed by atoms with E-state index >= 15 is 0 Å². The van der Waals surface area contributed by atoms with Crippen LogP contribution < -0.4 is 0 Å². The number of nitrogens with one attached hydrogen (secondary N) is 1. The van der Waals surface area contributed by atoms with Gasteiger partial charge in [-0.2, -0.15) is 5.10 Å². The fourth-order valence-corrected chi connectivity index (χ4v) is 0.946. The van der Waals surface area contributed by atoms with Crippen molar-refractivity contribution in [2.75, 3.05) is 14.1 Å². The molecule has 0 fully saturated rings. The maximum absolute atomic E-state index is 6.98. The minimum absolute atomic E-state index is 0.550. The second kappa shape index (κ2) is 3.76. The minimum atomic E-state index is 0.550. The van der Waals surface area contributed by atoms with Gasteiger partial charge in [-0.1, -0.05) is 0 Å². The zero-order chi connectivity index (χ0) is 9.84. The third-order valence-electron chi connectivity index (χ3n) is 1.47. The standard InChI is InChI=1S/C9H12N4/c1-7-5-8(12-11-7)9(10-2)6-13(3)4/h5-6H,1,3-4H3,(H,11,12)/b9-6-. The predicted molar refractivity (Wildman–Crippen MR) is 51.6 cm³/mol. The van der Waals surface area contributed by atoms with Crippen molar-refractivity contribution in [3.05, 3.63) is 35.1 Å². The fourth-order valence-electron chi connectivity index (χ4n) is 0.946. The van der Waals surface area contributed by atoms with Crippen LogP contribution in [0.2, 0.25) is 0 Å². The first-order valence-electron chi connectivity index (χ1n) is 3.91. The second-order valence-corrected chi connectivity index (χ2v) is 3.03. The molecule has 0 aliphatic rings. The van der Waals surface area contributed by atoms with Crippen LogP contribution in [-0.2, 0) is 0 Å². The van der Waals surface area contributed by atoms with E-state index in [9.17, 15) is 0 Å². The van der Waals surface area contributed by atoms with Gasteiger partial charge in [0.2, 0.25) is 5.70 Å². The Morgan fingerprint density at radius 2 is 2.38 bits per heavy atom. The van der Waals surface area contributed by atoms with Gasteiger partial charge in [-0.15, -0.1) is 0 Å². The van der Waals surface area contributed by atoms with Gasteiger partial charge in [-0.25, -0.2) is 4.85 Å². The Hall–Kier alpha value is -1.76. The zero-order valence-corrected chi connectivity index (χ0v) is 8.00. The smallest absolute Gasteiger partial charge is 0.229 e. The molecule has 0 aliphatic heterocycles. The van der Waals surface area contributed by atoms with Crippen molar-refractivity contribution < 1.29 is 0 Å². The number of aromatic amines is 1. The van der Waals surface area contributed by atoms with Crippen LogP contribution in [0.5, 0.6) is 0 Å². The van der Waals surface area contributed by atoms with Gasteiger partial charge in [-0.05, 0) is 13.0 Å². The number of aromatic nitrogens is 2. The molecule has 0 unspecified atom stereocenters. The average molecular weight is 176 g/mol. The van der Waals surface area contributed by atoms with Crippen molar-refractivity contribution in [2.24, 2.45) is 0 Å². The van der Waals surface area contributed by atoms with Crippen LogP contribution in [0.4, 0.5) is 0 Å². The summed E-state index contributed by atoms with van der Waals surface area (Å²) in [7, 11) is 3.76. The summed E-state index contributed by atoms with van der Waals surface area (Å²) in [5.74, 6) is 0. The van der Waals surface area contributed by atoms with Gasteiger partial charge < -0.3 is 4.90 Å². The molecule has 0 aromatic carbocycles.